The minimum atomic E-state index is 0.196. The van der Waals surface area contributed by atoms with Crippen LogP contribution in [0.25, 0.3) is 0 Å². The Morgan fingerprint density at radius 2 is 1.67 bits per heavy atom. The third-order valence-corrected chi connectivity index (χ3v) is 4.56. The molecule has 3 nitrogen and oxygen atoms in total. The molecule has 0 atom stereocenters. The van der Waals surface area contributed by atoms with Gasteiger partial charge in [-0.25, -0.2) is 0 Å². The van der Waals surface area contributed by atoms with Crippen LogP contribution in [0, 0.1) is 5.92 Å². The Labute approximate surface area is 111 Å². The molecule has 0 aromatic rings. The van der Waals surface area contributed by atoms with Gasteiger partial charge in [0.25, 0.3) is 0 Å². The number of hydrogen-bond acceptors (Lipinski definition) is 2. The van der Waals surface area contributed by atoms with Gasteiger partial charge in [-0.15, -0.1) is 0 Å². The van der Waals surface area contributed by atoms with E-state index in [1.165, 1.54) is 44.9 Å². The number of nitrogens with zero attached hydrogens (tertiary/aromatic N) is 1. The van der Waals surface area contributed by atoms with Gasteiger partial charge in [0.1, 0.15) is 0 Å². The predicted octanol–water partition coefficient (Wildman–Crippen LogP) is 2.72. The molecule has 2 aliphatic rings. The molecular weight excluding hydrogens is 226 g/mol. The summed E-state index contributed by atoms with van der Waals surface area (Å²) in [7, 11) is 0. The van der Waals surface area contributed by atoms with E-state index in [9.17, 15) is 4.79 Å². The van der Waals surface area contributed by atoms with Crippen LogP contribution in [0.3, 0.4) is 0 Å². The van der Waals surface area contributed by atoms with E-state index in [1.807, 2.05) is 0 Å². The van der Waals surface area contributed by atoms with Crippen molar-refractivity contribution in [3.05, 3.63) is 0 Å². The first kappa shape index (κ1) is 13.9. The molecule has 0 aromatic heterocycles. The molecule has 0 bridgehead atoms. The van der Waals surface area contributed by atoms with E-state index in [-0.39, 0.29) is 12.5 Å². The molecule has 0 heterocycles. The van der Waals surface area contributed by atoms with E-state index < -0.39 is 0 Å². The van der Waals surface area contributed by atoms with Crippen LogP contribution in [0.4, 0.5) is 0 Å². The molecule has 1 N–H and O–H groups in total. The van der Waals surface area contributed by atoms with Gasteiger partial charge in [-0.05, 0) is 38.5 Å². The summed E-state index contributed by atoms with van der Waals surface area (Å²) < 4.78 is 0. The number of carbonyl (C=O) groups is 1. The van der Waals surface area contributed by atoms with Crippen molar-refractivity contribution in [2.24, 2.45) is 5.92 Å². The minimum absolute atomic E-state index is 0.196. The Morgan fingerprint density at radius 1 is 1.00 bits per heavy atom. The Kier molecular flexibility index (Phi) is 5.48. The van der Waals surface area contributed by atoms with E-state index in [0.29, 0.717) is 11.9 Å². The van der Waals surface area contributed by atoms with Crippen molar-refractivity contribution in [1.29, 1.82) is 0 Å². The standard InChI is InChI=1S/C15H27NO2/c17-12-6-11-16(14-9-5-10-14)15(18)13-7-3-1-2-4-8-13/h13-14,17H,1-12H2. The summed E-state index contributed by atoms with van der Waals surface area (Å²) in [4.78, 5) is 14.7. The van der Waals surface area contributed by atoms with Gasteiger partial charge in [-0.1, -0.05) is 25.7 Å². The summed E-state index contributed by atoms with van der Waals surface area (Å²) in [5, 5.41) is 8.99. The molecule has 1 amide bonds. The lowest BCUT2D eigenvalue weighted by Gasteiger charge is -2.39. The van der Waals surface area contributed by atoms with Crippen LogP contribution in [0.5, 0.6) is 0 Å². The van der Waals surface area contributed by atoms with E-state index in [4.69, 9.17) is 5.11 Å². The lowest BCUT2D eigenvalue weighted by Crippen LogP contribution is -2.47. The van der Waals surface area contributed by atoms with E-state index >= 15 is 0 Å². The zero-order chi connectivity index (χ0) is 12.8. The lowest BCUT2D eigenvalue weighted by molar-refractivity contribution is -0.140. The zero-order valence-electron chi connectivity index (χ0n) is 11.4. The van der Waals surface area contributed by atoms with E-state index in [1.54, 1.807) is 0 Å². The quantitative estimate of drug-likeness (QED) is 0.765. The van der Waals surface area contributed by atoms with Crippen LogP contribution in [-0.4, -0.2) is 35.1 Å². The van der Waals surface area contributed by atoms with Crippen molar-refractivity contribution >= 4 is 5.91 Å². The largest absolute Gasteiger partial charge is 0.396 e. The third-order valence-electron chi connectivity index (χ3n) is 4.56. The number of rotatable bonds is 5. The summed E-state index contributed by atoms with van der Waals surface area (Å²) in [6, 6.07) is 0.479. The van der Waals surface area contributed by atoms with Gasteiger partial charge in [0.2, 0.25) is 5.91 Å². The molecular formula is C15H27NO2. The number of aliphatic hydroxyl groups is 1. The maximum Gasteiger partial charge on any atom is 0.225 e. The molecule has 0 unspecified atom stereocenters. The second-order valence-corrected chi connectivity index (χ2v) is 5.88. The Balaban J connectivity index is 1.92. The van der Waals surface area contributed by atoms with Crippen LogP contribution < -0.4 is 0 Å². The van der Waals surface area contributed by atoms with Crippen LogP contribution in [-0.2, 0) is 4.79 Å². The van der Waals surface area contributed by atoms with Gasteiger partial charge >= 0.3 is 0 Å². The average Bonchev–Trinajstić information content (AvgIpc) is 2.59. The SMILES string of the molecule is O=C(C1CCCCCC1)N(CCCO)C1CCC1. The molecule has 3 heteroatoms. The first-order valence-electron chi connectivity index (χ1n) is 7.74. The highest BCUT2D eigenvalue weighted by atomic mass is 16.3. The van der Waals surface area contributed by atoms with Crippen LogP contribution in [0.15, 0.2) is 0 Å². The molecule has 0 aromatic carbocycles. The molecule has 18 heavy (non-hydrogen) atoms. The smallest absolute Gasteiger partial charge is 0.225 e. The first-order valence-corrected chi connectivity index (χ1v) is 7.74. The molecule has 0 saturated heterocycles. The van der Waals surface area contributed by atoms with Gasteiger partial charge in [0.15, 0.2) is 0 Å². The topological polar surface area (TPSA) is 40.5 Å². The fourth-order valence-electron chi connectivity index (χ4n) is 3.17. The monoisotopic (exact) mass is 253 g/mol. The lowest BCUT2D eigenvalue weighted by atomic mass is 9.89. The van der Waals surface area contributed by atoms with Crippen molar-refractivity contribution in [2.45, 2.75) is 70.3 Å². The number of carbonyl (C=O) groups excluding carboxylic acids is 1. The van der Waals surface area contributed by atoms with E-state index in [2.05, 4.69) is 4.90 Å². The summed E-state index contributed by atoms with van der Waals surface area (Å²) in [6.45, 7) is 0.956. The van der Waals surface area contributed by atoms with Crippen LogP contribution in [0.1, 0.15) is 64.2 Å². The highest BCUT2D eigenvalue weighted by Gasteiger charge is 2.32. The average molecular weight is 253 g/mol. The zero-order valence-corrected chi connectivity index (χ0v) is 11.4. The van der Waals surface area contributed by atoms with Crippen molar-refractivity contribution in [1.82, 2.24) is 4.90 Å². The van der Waals surface area contributed by atoms with Crippen LogP contribution in [0.2, 0.25) is 0 Å². The molecule has 0 radical (unpaired) electrons. The Bertz CT molecular complexity index is 255. The molecule has 0 aliphatic heterocycles. The van der Waals surface area contributed by atoms with Crippen molar-refractivity contribution in [2.75, 3.05) is 13.2 Å². The first-order chi connectivity index (χ1) is 8.83. The fraction of sp³-hybridized carbons (Fsp3) is 0.933. The number of aliphatic hydroxyl groups excluding tert-OH is 1. The highest BCUT2D eigenvalue weighted by molar-refractivity contribution is 5.79. The molecule has 2 fully saturated rings. The number of amides is 1. The second kappa shape index (κ2) is 7.13. The molecule has 104 valence electrons. The van der Waals surface area contributed by atoms with Gasteiger partial charge in [0, 0.05) is 25.1 Å². The fourth-order valence-corrected chi connectivity index (χ4v) is 3.17. The van der Waals surface area contributed by atoms with Crippen molar-refractivity contribution < 1.29 is 9.90 Å². The summed E-state index contributed by atoms with van der Waals surface area (Å²) in [5.74, 6) is 0.654. The molecule has 2 saturated carbocycles. The van der Waals surface area contributed by atoms with Gasteiger partial charge in [-0.2, -0.15) is 0 Å². The predicted molar refractivity (Wildman–Crippen MR) is 72.2 cm³/mol. The van der Waals surface area contributed by atoms with E-state index in [0.717, 1.165) is 25.8 Å². The Hall–Kier alpha value is -0.570. The van der Waals surface area contributed by atoms with Crippen molar-refractivity contribution in [3.8, 4) is 0 Å². The van der Waals surface area contributed by atoms with Crippen molar-refractivity contribution in [3.63, 3.8) is 0 Å². The summed E-state index contributed by atoms with van der Waals surface area (Å²) >= 11 is 0. The molecule has 2 aliphatic carbocycles. The second-order valence-electron chi connectivity index (χ2n) is 5.88. The third kappa shape index (κ3) is 3.47. The highest BCUT2D eigenvalue weighted by Crippen LogP contribution is 2.30. The molecule has 0 spiro atoms. The maximum atomic E-state index is 12.6. The molecule has 2 rings (SSSR count). The minimum Gasteiger partial charge on any atom is -0.396 e. The maximum absolute atomic E-state index is 12.6. The Morgan fingerprint density at radius 3 is 2.17 bits per heavy atom. The normalized spacial score (nSPS) is 22.3. The van der Waals surface area contributed by atoms with Crippen LogP contribution >= 0.6 is 0 Å². The summed E-state index contributed by atoms with van der Waals surface area (Å²) in [5.41, 5.74) is 0. The number of hydrogen-bond donors (Lipinski definition) is 1. The van der Waals surface area contributed by atoms with Gasteiger partial charge in [-0.3, -0.25) is 4.79 Å². The summed E-state index contributed by atoms with van der Waals surface area (Å²) in [6.07, 6.45) is 11.5. The van der Waals surface area contributed by atoms with Gasteiger partial charge < -0.3 is 10.0 Å². The van der Waals surface area contributed by atoms with Gasteiger partial charge in [0.05, 0.1) is 0 Å².